The minimum Gasteiger partial charge on any atom is -0.399 e. The van der Waals surface area contributed by atoms with E-state index >= 15 is 0 Å². The van der Waals surface area contributed by atoms with Crippen LogP contribution >= 0.6 is 0 Å². The molecule has 6 heteroatoms. The smallest absolute Gasteiger partial charge is 0.287 e. The number of aliphatic hydroxyl groups is 1. The Labute approximate surface area is 104 Å². The van der Waals surface area contributed by atoms with Crippen LogP contribution in [-0.4, -0.2) is 30.1 Å². The lowest BCUT2D eigenvalue weighted by Crippen LogP contribution is -2.39. The first kappa shape index (κ1) is 14.4. The third kappa shape index (κ3) is 4.67. The average Bonchev–Trinajstić information content (AvgIpc) is 2.35. The summed E-state index contributed by atoms with van der Waals surface area (Å²) in [5.74, 6) is -3.77. The molecule has 0 aromatic heterocycles. The Balaban J connectivity index is 2.36. The summed E-state index contributed by atoms with van der Waals surface area (Å²) in [7, 11) is 0. The first-order chi connectivity index (χ1) is 8.44. The Kier molecular flexibility index (Phi) is 5.03. The first-order valence-electron chi connectivity index (χ1n) is 5.53. The highest BCUT2D eigenvalue weighted by Gasteiger charge is 2.27. The number of hydrogen-bond donors (Lipinski definition) is 3. The number of carbonyl (C=O) groups is 1. The molecule has 0 bridgehead atoms. The highest BCUT2D eigenvalue weighted by atomic mass is 19.3. The molecular weight excluding hydrogens is 242 g/mol. The molecule has 1 rings (SSSR count). The molecule has 0 aliphatic heterocycles. The Morgan fingerprint density at radius 2 is 2.06 bits per heavy atom. The lowest BCUT2D eigenvalue weighted by atomic mass is 10.1. The number of nitrogens with one attached hydrogen (secondary N) is 1. The summed E-state index contributed by atoms with van der Waals surface area (Å²) in [6.45, 7) is -2.13. The number of benzene rings is 1. The highest BCUT2D eigenvalue weighted by Crippen LogP contribution is 2.13. The summed E-state index contributed by atoms with van der Waals surface area (Å²) in [6.07, 6.45) is 0.471. The number of anilines is 1. The number of nitrogens with two attached hydrogens (primary N) is 1. The van der Waals surface area contributed by atoms with Crippen LogP contribution in [0.15, 0.2) is 24.3 Å². The molecule has 1 amide bonds. The van der Waals surface area contributed by atoms with E-state index in [1.54, 1.807) is 24.3 Å². The molecule has 0 heterocycles. The minimum absolute atomic E-state index is 0.0791. The first-order valence-corrected chi connectivity index (χ1v) is 5.53. The quantitative estimate of drug-likeness (QED) is 0.665. The van der Waals surface area contributed by atoms with Crippen molar-refractivity contribution in [3.05, 3.63) is 29.8 Å². The molecule has 0 atom stereocenters. The number of para-hydroxylation sites is 1. The normalized spacial score (nSPS) is 11.3. The van der Waals surface area contributed by atoms with Gasteiger partial charge in [-0.2, -0.15) is 0 Å². The molecule has 0 unspecified atom stereocenters. The van der Waals surface area contributed by atoms with Crippen molar-refractivity contribution in [1.29, 1.82) is 0 Å². The second-order valence-corrected chi connectivity index (χ2v) is 3.99. The van der Waals surface area contributed by atoms with Gasteiger partial charge < -0.3 is 16.2 Å². The van der Waals surface area contributed by atoms with Crippen molar-refractivity contribution in [3.63, 3.8) is 0 Å². The minimum atomic E-state index is -3.28. The summed E-state index contributed by atoms with van der Waals surface area (Å²) >= 11 is 0. The molecule has 0 fully saturated rings. The van der Waals surface area contributed by atoms with Crippen LogP contribution in [-0.2, 0) is 11.2 Å². The molecule has 0 aliphatic carbocycles. The Morgan fingerprint density at radius 1 is 1.39 bits per heavy atom. The molecule has 1 aromatic rings. The summed E-state index contributed by atoms with van der Waals surface area (Å²) < 4.78 is 25.3. The third-order valence-electron chi connectivity index (χ3n) is 2.45. The average molecular weight is 258 g/mol. The number of nitrogen functional groups attached to an aromatic ring is 1. The summed E-state index contributed by atoms with van der Waals surface area (Å²) in [6, 6.07) is 7.07. The van der Waals surface area contributed by atoms with E-state index in [1.165, 1.54) is 0 Å². The molecule has 18 heavy (non-hydrogen) atoms. The van der Waals surface area contributed by atoms with Gasteiger partial charge in [0.1, 0.15) is 6.61 Å². The van der Waals surface area contributed by atoms with E-state index in [1.807, 2.05) is 0 Å². The van der Waals surface area contributed by atoms with E-state index in [0.29, 0.717) is 12.1 Å². The van der Waals surface area contributed by atoms with Crippen LogP contribution in [0.2, 0.25) is 0 Å². The van der Waals surface area contributed by atoms with Gasteiger partial charge >= 0.3 is 0 Å². The Hall–Kier alpha value is -1.69. The van der Waals surface area contributed by atoms with Crippen LogP contribution in [0.4, 0.5) is 14.5 Å². The Bertz CT molecular complexity index is 411. The van der Waals surface area contributed by atoms with Gasteiger partial charge in [0.2, 0.25) is 5.91 Å². The number of amides is 1. The van der Waals surface area contributed by atoms with Crippen LogP contribution in [0.25, 0.3) is 0 Å². The van der Waals surface area contributed by atoms with Gasteiger partial charge in [-0.1, -0.05) is 18.2 Å². The maximum atomic E-state index is 12.7. The predicted octanol–water partition coefficient (Wildman–Crippen LogP) is 0.945. The van der Waals surface area contributed by atoms with Crippen molar-refractivity contribution >= 4 is 11.6 Å². The summed E-state index contributed by atoms with van der Waals surface area (Å²) in [4.78, 5) is 11.3. The molecule has 4 N–H and O–H groups in total. The second kappa shape index (κ2) is 6.30. The standard InChI is InChI=1S/C12H16F2N2O2/c13-12(14,8-17)7-16-11(18)6-5-9-3-1-2-4-10(9)15/h1-4,17H,5-8,15H2,(H,16,18). The lowest BCUT2D eigenvalue weighted by molar-refractivity contribution is -0.124. The number of rotatable bonds is 6. The molecule has 1 aromatic carbocycles. The van der Waals surface area contributed by atoms with Crippen LogP contribution in [0.1, 0.15) is 12.0 Å². The molecule has 0 spiro atoms. The van der Waals surface area contributed by atoms with Gasteiger partial charge in [-0.3, -0.25) is 4.79 Å². The highest BCUT2D eigenvalue weighted by molar-refractivity contribution is 5.76. The fourth-order valence-electron chi connectivity index (χ4n) is 1.38. The van der Waals surface area contributed by atoms with Gasteiger partial charge in [0.25, 0.3) is 5.92 Å². The zero-order valence-electron chi connectivity index (χ0n) is 9.83. The van der Waals surface area contributed by atoms with E-state index in [0.717, 1.165) is 5.56 Å². The van der Waals surface area contributed by atoms with Crippen molar-refractivity contribution < 1.29 is 18.7 Å². The van der Waals surface area contributed by atoms with E-state index < -0.39 is 25.0 Å². The topological polar surface area (TPSA) is 75.4 Å². The van der Waals surface area contributed by atoms with E-state index in [4.69, 9.17) is 10.8 Å². The van der Waals surface area contributed by atoms with Crippen molar-refractivity contribution in [1.82, 2.24) is 5.32 Å². The molecular formula is C12H16F2N2O2. The van der Waals surface area contributed by atoms with Crippen molar-refractivity contribution in [2.75, 3.05) is 18.9 Å². The number of aryl methyl sites for hydroxylation is 1. The van der Waals surface area contributed by atoms with Crippen molar-refractivity contribution in [2.24, 2.45) is 0 Å². The summed E-state index contributed by atoms with van der Waals surface area (Å²) in [5.41, 5.74) is 7.07. The van der Waals surface area contributed by atoms with Crippen molar-refractivity contribution in [2.45, 2.75) is 18.8 Å². The van der Waals surface area contributed by atoms with Crippen LogP contribution in [0, 0.1) is 0 Å². The largest absolute Gasteiger partial charge is 0.399 e. The lowest BCUT2D eigenvalue weighted by Gasteiger charge is -2.14. The number of halogens is 2. The van der Waals surface area contributed by atoms with Gasteiger partial charge in [0.05, 0.1) is 6.54 Å². The van der Waals surface area contributed by atoms with Crippen LogP contribution < -0.4 is 11.1 Å². The Morgan fingerprint density at radius 3 is 2.67 bits per heavy atom. The fourth-order valence-corrected chi connectivity index (χ4v) is 1.38. The van der Waals surface area contributed by atoms with Gasteiger partial charge in [0.15, 0.2) is 0 Å². The van der Waals surface area contributed by atoms with Crippen LogP contribution in [0.3, 0.4) is 0 Å². The van der Waals surface area contributed by atoms with Gasteiger partial charge in [-0.05, 0) is 18.1 Å². The molecule has 0 saturated heterocycles. The van der Waals surface area contributed by atoms with Gasteiger partial charge in [-0.15, -0.1) is 0 Å². The van der Waals surface area contributed by atoms with Gasteiger partial charge in [-0.25, -0.2) is 8.78 Å². The van der Waals surface area contributed by atoms with E-state index in [9.17, 15) is 13.6 Å². The molecule has 0 aliphatic rings. The zero-order valence-corrected chi connectivity index (χ0v) is 9.83. The SMILES string of the molecule is Nc1ccccc1CCC(=O)NCC(F)(F)CO. The third-order valence-corrected chi connectivity index (χ3v) is 2.45. The number of aliphatic hydroxyl groups excluding tert-OH is 1. The van der Waals surface area contributed by atoms with Crippen molar-refractivity contribution in [3.8, 4) is 0 Å². The second-order valence-electron chi connectivity index (χ2n) is 3.99. The van der Waals surface area contributed by atoms with E-state index in [-0.39, 0.29) is 6.42 Å². The fraction of sp³-hybridized carbons (Fsp3) is 0.417. The molecule has 0 saturated carbocycles. The van der Waals surface area contributed by atoms with E-state index in [2.05, 4.69) is 5.32 Å². The van der Waals surface area contributed by atoms with Crippen LogP contribution in [0.5, 0.6) is 0 Å². The van der Waals surface area contributed by atoms with Gasteiger partial charge in [0, 0.05) is 12.1 Å². The predicted molar refractivity (Wildman–Crippen MR) is 64.2 cm³/mol. The summed E-state index contributed by atoms with van der Waals surface area (Å²) in [5, 5.41) is 10.4. The maximum absolute atomic E-state index is 12.7. The number of alkyl halides is 2. The number of carbonyl (C=O) groups excluding carboxylic acids is 1. The zero-order chi connectivity index (χ0) is 13.6. The monoisotopic (exact) mass is 258 g/mol. The number of hydrogen-bond acceptors (Lipinski definition) is 3. The molecule has 0 radical (unpaired) electrons. The molecule has 4 nitrogen and oxygen atoms in total. The molecule has 100 valence electrons. The maximum Gasteiger partial charge on any atom is 0.287 e.